The molecular weight excluding hydrogens is 367 g/mol. The van der Waals surface area contributed by atoms with Crippen molar-refractivity contribution in [3.05, 3.63) is 68.1 Å². The lowest BCUT2D eigenvalue weighted by atomic mass is 10.0. The standard InChI is InChI=1S/C19H15ClF3NO2/c1-11(2)9-17(25)15-7-6-14(24-18(15)26)5-3-12-10-13(19(21,22)23)4-8-16(12)20/h4,6-8,10-11H,9H2,1-2H3,(H,24,26). The molecule has 0 saturated carbocycles. The molecular formula is C19H15ClF3NO2. The molecule has 0 aliphatic rings. The summed E-state index contributed by atoms with van der Waals surface area (Å²) in [5.74, 6) is 4.91. The van der Waals surface area contributed by atoms with E-state index in [2.05, 4.69) is 16.8 Å². The summed E-state index contributed by atoms with van der Waals surface area (Å²) in [5, 5.41) is 0.0663. The average Bonchev–Trinajstić information content (AvgIpc) is 2.52. The summed E-state index contributed by atoms with van der Waals surface area (Å²) in [7, 11) is 0. The largest absolute Gasteiger partial charge is 0.416 e. The lowest BCUT2D eigenvalue weighted by molar-refractivity contribution is -0.137. The molecule has 0 unspecified atom stereocenters. The van der Waals surface area contributed by atoms with Crippen molar-refractivity contribution >= 4 is 17.4 Å². The van der Waals surface area contributed by atoms with E-state index in [-0.39, 0.29) is 40.0 Å². The number of H-pyrrole nitrogens is 1. The number of carbonyl (C=O) groups is 1. The zero-order valence-electron chi connectivity index (χ0n) is 14.0. The Morgan fingerprint density at radius 3 is 2.46 bits per heavy atom. The van der Waals surface area contributed by atoms with E-state index in [1.807, 2.05) is 13.8 Å². The first-order valence-electron chi connectivity index (χ1n) is 7.73. The van der Waals surface area contributed by atoms with Gasteiger partial charge >= 0.3 is 6.18 Å². The highest BCUT2D eigenvalue weighted by Crippen LogP contribution is 2.31. The van der Waals surface area contributed by atoms with Gasteiger partial charge in [0.2, 0.25) is 0 Å². The molecule has 1 aromatic heterocycles. The van der Waals surface area contributed by atoms with Gasteiger partial charge in [0.05, 0.1) is 21.8 Å². The number of alkyl halides is 3. The molecule has 0 radical (unpaired) electrons. The molecule has 7 heteroatoms. The molecule has 0 saturated heterocycles. The third-order valence-corrected chi connectivity index (χ3v) is 3.76. The number of rotatable bonds is 3. The maximum absolute atomic E-state index is 12.8. The normalized spacial score (nSPS) is 11.2. The van der Waals surface area contributed by atoms with Gasteiger partial charge in [-0.15, -0.1) is 0 Å². The second-order valence-corrected chi connectivity index (χ2v) is 6.49. The SMILES string of the molecule is CC(C)CC(=O)c1ccc(C#Cc2cc(C(F)(F)F)ccc2Cl)[nH]c1=O. The first-order chi connectivity index (χ1) is 12.1. The minimum Gasteiger partial charge on any atom is -0.315 e. The Bertz CT molecular complexity index is 950. The number of halogens is 4. The fourth-order valence-electron chi connectivity index (χ4n) is 2.18. The molecule has 1 heterocycles. The first kappa shape index (κ1) is 19.8. The van der Waals surface area contributed by atoms with E-state index in [9.17, 15) is 22.8 Å². The predicted octanol–water partition coefficient (Wildman–Crippen LogP) is 4.68. The first-order valence-corrected chi connectivity index (χ1v) is 8.11. The monoisotopic (exact) mass is 381 g/mol. The number of carbonyl (C=O) groups excluding carboxylic acids is 1. The molecule has 0 aliphatic carbocycles. The minimum atomic E-state index is -4.51. The van der Waals surface area contributed by atoms with Crippen LogP contribution < -0.4 is 5.56 Å². The quantitative estimate of drug-likeness (QED) is 0.620. The Hall–Kier alpha value is -2.52. The van der Waals surface area contributed by atoms with E-state index in [1.165, 1.54) is 12.1 Å². The number of hydrogen-bond acceptors (Lipinski definition) is 2. The number of aromatic nitrogens is 1. The molecule has 136 valence electrons. The van der Waals surface area contributed by atoms with Crippen molar-refractivity contribution in [1.29, 1.82) is 0 Å². The Labute approximate surface area is 153 Å². The van der Waals surface area contributed by atoms with Gasteiger partial charge in [0.25, 0.3) is 5.56 Å². The van der Waals surface area contributed by atoms with Crippen molar-refractivity contribution in [2.24, 2.45) is 5.92 Å². The third-order valence-electron chi connectivity index (χ3n) is 3.43. The molecule has 1 N–H and O–H groups in total. The van der Waals surface area contributed by atoms with Gasteiger partial charge in [-0.2, -0.15) is 13.2 Å². The van der Waals surface area contributed by atoms with Crippen LogP contribution in [0.15, 0.2) is 35.1 Å². The van der Waals surface area contributed by atoms with Crippen molar-refractivity contribution in [3.8, 4) is 11.8 Å². The molecule has 2 aromatic rings. The Kier molecular flexibility index (Phi) is 5.94. The minimum absolute atomic E-state index is 0.0118. The van der Waals surface area contributed by atoms with Crippen LogP contribution in [-0.2, 0) is 6.18 Å². The highest BCUT2D eigenvalue weighted by Gasteiger charge is 2.30. The highest BCUT2D eigenvalue weighted by molar-refractivity contribution is 6.31. The topological polar surface area (TPSA) is 49.9 Å². The molecule has 2 rings (SSSR count). The number of benzene rings is 1. The lowest BCUT2D eigenvalue weighted by Gasteiger charge is -2.07. The predicted molar refractivity (Wildman–Crippen MR) is 93.3 cm³/mol. The highest BCUT2D eigenvalue weighted by atomic mass is 35.5. The maximum Gasteiger partial charge on any atom is 0.416 e. The summed E-state index contributed by atoms with van der Waals surface area (Å²) in [6.07, 6.45) is -4.26. The van der Waals surface area contributed by atoms with Crippen molar-refractivity contribution in [2.75, 3.05) is 0 Å². The van der Waals surface area contributed by atoms with Gasteiger partial charge in [-0.1, -0.05) is 31.4 Å². The smallest absolute Gasteiger partial charge is 0.315 e. The molecule has 1 aromatic carbocycles. The third kappa shape index (κ3) is 4.99. The van der Waals surface area contributed by atoms with E-state index in [4.69, 9.17) is 11.6 Å². The molecule has 0 atom stereocenters. The number of pyridine rings is 1. The summed E-state index contributed by atoms with van der Waals surface area (Å²) in [6, 6.07) is 5.62. The van der Waals surface area contributed by atoms with Crippen molar-refractivity contribution in [3.63, 3.8) is 0 Å². The van der Waals surface area contributed by atoms with E-state index >= 15 is 0 Å². The number of Topliss-reactive ketones (excluding diaryl/α,β-unsaturated/α-hetero) is 1. The zero-order valence-corrected chi connectivity index (χ0v) is 14.8. The lowest BCUT2D eigenvalue weighted by Crippen LogP contribution is -2.19. The van der Waals surface area contributed by atoms with Gasteiger partial charge in [0, 0.05) is 12.0 Å². The average molecular weight is 382 g/mol. The van der Waals surface area contributed by atoms with Crippen molar-refractivity contribution in [2.45, 2.75) is 26.4 Å². The van der Waals surface area contributed by atoms with Gasteiger partial charge in [-0.25, -0.2) is 0 Å². The van der Waals surface area contributed by atoms with Crippen LogP contribution in [0.5, 0.6) is 0 Å². The number of nitrogens with one attached hydrogen (secondary N) is 1. The van der Waals surface area contributed by atoms with Crippen LogP contribution in [0.2, 0.25) is 5.02 Å². The molecule has 0 spiro atoms. The molecule has 0 aliphatic heterocycles. The van der Waals surface area contributed by atoms with E-state index in [0.29, 0.717) is 0 Å². The van der Waals surface area contributed by atoms with E-state index in [1.54, 1.807) is 0 Å². The maximum atomic E-state index is 12.8. The Balaban J connectivity index is 2.33. The van der Waals surface area contributed by atoms with Crippen LogP contribution in [-0.4, -0.2) is 10.8 Å². The fraction of sp³-hybridized carbons (Fsp3) is 0.263. The van der Waals surface area contributed by atoms with Crippen LogP contribution >= 0.6 is 11.6 Å². The second-order valence-electron chi connectivity index (χ2n) is 6.08. The molecule has 0 fully saturated rings. The summed E-state index contributed by atoms with van der Waals surface area (Å²) in [5.41, 5.74) is -1.26. The van der Waals surface area contributed by atoms with Gasteiger partial charge in [0.15, 0.2) is 5.78 Å². The Morgan fingerprint density at radius 1 is 1.19 bits per heavy atom. The van der Waals surface area contributed by atoms with Crippen molar-refractivity contribution < 1.29 is 18.0 Å². The van der Waals surface area contributed by atoms with Crippen LogP contribution in [0.3, 0.4) is 0 Å². The summed E-state index contributed by atoms with van der Waals surface area (Å²) in [6.45, 7) is 3.73. The summed E-state index contributed by atoms with van der Waals surface area (Å²) < 4.78 is 38.3. The fourth-order valence-corrected chi connectivity index (χ4v) is 2.34. The van der Waals surface area contributed by atoms with Crippen LogP contribution in [0.4, 0.5) is 13.2 Å². The van der Waals surface area contributed by atoms with Gasteiger partial charge < -0.3 is 4.98 Å². The van der Waals surface area contributed by atoms with Gasteiger partial charge in [-0.3, -0.25) is 9.59 Å². The number of ketones is 1. The molecule has 3 nitrogen and oxygen atoms in total. The summed E-state index contributed by atoms with van der Waals surface area (Å²) >= 11 is 5.87. The van der Waals surface area contributed by atoms with E-state index < -0.39 is 17.3 Å². The van der Waals surface area contributed by atoms with Crippen molar-refractivity contribution in [1.82, 2.24) is 4.98 Å². The van der Waals surface area contributed by atoms with Gasteiger partial charge in [0.1, 0.15) is 0 Å². The van der Waals surface area contributed by atoms with Crippen LogP contribution in [0.1, 0.15) is 47.4 Å². The van der Waals surface area contributed by atoms with E-state index in [0.717, 1.165) is 18.2 Å². The van der Waals surface area contributed by atoms with Gasteiger partial charge in [-0.05, 0) is 42.2 Å². The molecule has 0 bridgehead atoms. The Morgan fingerprint density at radius 2 is 1.88 bits per heavy atom. The second kappa shape index (κ2) is 7.79. The van der Waals surface area contributed by atoms with Crippen LogP contribution in [0.25, 0.3) is 0 Å². The molecule has 26 heavy (non-hydrogen) atoms. The number of aromatic amines is 1. The summed E-state index contributed by atoms with van der Waals surface area (Å²) in [4.78, 5) is 26.4. The number of hydrogen-bond donors (Lipinski definition) is 1. The zero-order chi connectivity index (χ0) is 19.5. The van der Waals surface area contributed by atoms with Crippen LogP contribution in [0, 0.1) is 17.8 Å². The molecule has 0 amide bonds.